The summed E-state index contributed by atoms with van der Waals surface area (Å²) in [5.41, 5.74) is 3.43. The van der Waals surface area contributed by atoms with Crippen LogP contribution >= 0.6 is 23.1 Å². The maximum atomic E-state index is 11.7. The molecule has 0 radical (unpaired) electrons. The Morgan fingerprint density at radius 2 is 2.09 bits per heavy atom. The molecule has 0 saturated carbocycles. The maximum Gasteiger partial charge on any atom is 0.230 e. The predicted octanol–water partition coefficient (Wildman–Crippen LogP) is 3.76. The summed E-state index contributed by atoms with van der Waals surface area (Å²) >= 11 is 2.87. The van der Waals surface area contributed by atoms with Gasteiger partial charge in [-0.05, 0) is 31.4 Å². The molecular formula is C16H22N4OS2. The van der Waals surface area contributed by atoms with Crippen molar-refractivity contribution in [2.75, 3.05) is 17.6 Å². The van der Waals surface area contributed by atoms with Crippen LogP contribution in [0.2, 0.25) is 0 Å². The molecular weight excluding hydrogens is 328 g/mol. The first kappa shape index (κ1) is 17.7. The number of carbonyl (C=O) groups excluding carboxylic acids is 1. The number of rotatable bonds is 7. The number of benzene rings is 1. The Morgan fingerprint density at radius 1 is 1.30 bits per heavy atom. The van der Waals surface area contributed by atoms with Gasteiger partial charge in [-0.15, -0.1) is 10.2 Å². The highest BCUT2D eigenvalue weighted by atomic mass is 32.2. The molecule has 2 N–H and O–H groups in total. The molecule has 2 rings (SSSR count). The number of hydrogen-bond acceptors (Lipinski definition) is 6. The van der Waals surface area contributed by atoms with Crippen LogP contribution in [0, 0.1) is 19.8 Å². The summed E-state index contributed by atoms with van der Waals surface area (Å²) in [6.45, 7) is 8.98. The summed E-state index contributed by atoms with van der Waals surface area (Å²) in [6.07, 6.45) is 0. The second kappa shape index (κ2) is 8.31. The molecule has 0 atom stereocenters. The monoisotopic (exact) mass is 350 g/mol. The van der Waals surface area contributed by atoms with E-state index in [4.69, 9.17) is 0 Å². The maximum absolute atomic E-state index is 11.7. The molecule has 0 aliphatic rings. The Bertz CT molecular complexity index is 670. The van der Waals surface area contributed by atoms with Crippen LogP contribution in [-0.4, -0.2) is 28.4 Å². The van der Waals surface area contributed by atoms with E-state index in [0.29, 0.717) is 18.2 Å². The summed E-state index contributed by atoms with van der Waals surface area (Å²) in [6, 6.07) is 6.22. The van der Waals surface area contributed by atoms with Gasteiger partial charge in [-0.1, -0.05) is 54.6 Å². The average molecular weight is 351 g/mol. The number of hydrogen-bond donors (Lipinski definition) is 2. The van der Waals surface area contributed by atoms with Crippen molar-refractivity contribution in [2.45, 2.75) is 32.0 Å². The quantitative estimate of drug-likeness (QED) is 0.744. The van der Waals surface area contributed by atoms with Crippen LogP contribution in [0.1, 0.15) is 25.0 Å². The highest BCUT2D eigenvalue weighted by Gasteiger charge is 2.09. The molecule has 0 saturated heterocycles. The average Bonchev–Trinajstić information content (AvgIpc) is 2.93. The number of amides is 1. The van der Waals surface area contributed by atoms with Gasteiger partial charge < -0.3 is 10.6 Å². The van der Waals surface area contributed by atoms with E-state index in [1.165, 1.54) is 34.2 Å². The van der Waals surface area contributed by atoms with Crippen molar-refractivity contribution in [3.05, 3.63) is 29.3 Å². The minimum absolute atomic E-state index is 0.0304. The number of anilines is 2. The molecule has 0 aliphatic heterocycles. The van der Waals surface area contributed by atoms with E-state index in [1.807, 2.05) is 6.07 Å². The van der Waals surface area contributed by atoms with E-state index in [-0.39, 0.29) is 5.91 Å². The number of aromatic nitrogens is 2. The lowest BCUT2D eigenvalue weighted by Gasteiger charge is -2.06. The topological polar surface area (TPSA) is 66.9 Å². The zero-order valence-electron chi connectivity index (χ0n) is 13.8. The fourth-order valence-corrected chi connectivity index (χ4v) is 3.48. The van der Waals surface area contributed by atoms with Crippen LogP contribution in [0.4, 0.5) is 10.8 Å². The molecule has 124 valence electrons. The zero-order chi connectivity index (χ0) is 16.8. The Balaban J connectivity index is 1.87. The van der Waals surface area contributed by atoms with Crippen LogP contribution in [0.15, 0.2) is 22.5 Å². The number of nitrogens with one attached hydrogen (secondary N) is 2. The van der Waals surface area contributed by atoms with Crippen molar-refractivity contribution in [1.82, 2.24) is 15.5 Å². The van der Waals surface area contributed by atoms with Gasteiger partial charge in [0.05, 0.1) is 5.75 Å². The van der Waals surface area contributed by atoms with Gasteiger partial charge in [-0.25, -0.2) is 0 Å². The van der Waals surface area contributed by atoms with Gasteiger partial charge in [0, 0.05) is 12.2 Å². The molecule has 1 heterocycles. The van der Waals surface area contributed by atoms with Crippen LogP contribution in [0.5, 0.6) is 0 Å². The van der Waals surface area contributed by atoms with Gasteiger partial charge in [-0.2, -0.15) is 0 Å². The molecule has 0 unspecified atom stereocenters. The van der Waals surface area contributed by atoms with Crippen LogP contribution in [-0.2, 0) is 4.79 Å². The minimum atomic E-state index is 0.0304. The number of aryl methyl sites for hydroxylation is 2. The highest BCUT2D eigenvalue weighted by molar-refractivity contribution is 8.01. The van der Waals surface area contributed by atoms with Crippen molar-refractivity contribution in [3.8, 4) is 0 Å². The standard InChI is InChI=1S/C16H22N4OS2/c1-10(2)8-17-14(21)9-22-16-20-19-15(23-16)18-13-6-5-11(3)7-12(13)4/h5-7,10H,8-9H2,1-4H3,(H,17,21)(H,18,19). The smallest absolute Gasteiger partial charge is 0.230 e. The summed E-state index contributed by atoms with van der Waals surface area (Å²) in [5, 5.41) is 15.2. The van der Waals surface area contributed by atoms with E-state index in [0.717, 1.165) is 15.2 Å². The van der Waals surface area contributed by atoms with Crippen molar-refractivity contribution in [2.24, 2.45) is 5.92 Å². The van der Waals surface area contributed by atoms with Gasteiger partial charge in [0.25, 0.3) is 0 Å². The van der Waals surface area contributed by atoms with E-state index < -0.39 is 0 Å². The summed E-state index contributed by atoms with van der Waals surface area (Å²) in [7, 11) is 0. The molecule has 5 nitrogen and oxygen atoms in total. The van der Waals surface area contributed by atoms with Gasteiger partial charge >= 0.3 is 0 Å². The number of nitrogens with zero attached hydrogens (tertiary/aromatic N) is 2. The third kappa shape index (κ3) is 5.84. The summed E-state index contributed by atoms with van der Waals surface area (Å²) in [5.74, 6) is 0.854. The molecule has 7 heteroatoms. The third-order valence-corrected chi connectivity index (χ3v) is 5.04. The van der Waals surface area contributed by atoms with E-state index in [9.17, 15) is 4.79 Å². The summed E-state index contributed by atoms with van der Waals surface area (Å²) < 4.78 is 0.789. The predicted molar refractivity (Wildman–Crippen MR) is 97.7 cm³/mol. The third-order valence-electron chi connectivity index (χ3n) is 3.06. The number of thioether (sulfide) groups is 1. The Hall–Kier alpha value is -1.60. The normalized spacial score (nSPS) is 10.8. The Morgan fingerprint density at radius 3 is 2.78 bits per heavy atom. The van der Waals surface area contributed by atoms with Crippen LogP contribution in [0.3, 0.4) is 0 Å². The Labute approximate surface area is 145 Å². The molecule has 23 heavy (non-hydrogen) atoms. The highest BCUT2D eigenvalue weighted by Crippen LogP contribution is 2.28. The van der Waals surface area contributed by atoms with Gasteiger partial charge in [-0.3, -0.25) is 4.79 Å². The fraction of sp³-hybridized carbons (Fsp3) is 0.438. The van der Waals surface area contributed by atoms with Crippen LogP contribution in [0.25, 0.3) is 0 Å². The number of carbonyl (C=O) groups is 1. The molecule has 0 spiro atoms. The fourth-order valence-electron chi connectivity index (χ4n) is 1.88. The van der Waals surface area contributed by atoms with Gasteiger partial charge in [0.15, 0.2) is 4.34 Å². The van der Waals surface area contributed by atoms with Crippen LogP contribution < -0.4 is 10.6 Å². The lowest BCUT2D eigenvalue weighted by Crippen LogP contribution is -2.28. The SMILES string of the molecule is Cc1ccc(Nc2nnc(SCC(=O)NCC(C)C)s2)c(C)c1. The first-order valence-corrected chi connectivity index (χ1v) is 9.31. The molecule has 1 aromatic carbocycles. The molecule has 0 aliphatic carbocycles. The van der Waals surface area contributed by atoms with E-state index >= 15 is 0 Å². The van der Waals surface area contributed by atoms with E-state index in [1.54, 1.807) is 0 Å². The molecule has 1 aromatic heterocycles. The molecule has 0 bridgehead atoms. The van der Waals surface area contributed by atoms with Crippen molar-refractivity contribution in [1.29, 1.82) is 0 Å². The molecule has 2 aromatic rings. The Kier molecular flexibility index (Phi) is 6.41. The largest absolute Gasteiger partial charge is 0.355 e. The molecule has 0 fully saturated rings. The lowest BCUT2D eigenvalue weighted by molar-refractivity contribution is -0.118. The lowest BCUT2D eigenvalue weighted by atomic mass is 10.1. The van der Waals surface area contributed by atoms with Gasteiger partial charge in [0.1, 0.15) is 0 Å². The van der Waals surface area contributed by atoms with E-state index in [2.05, 4.69) is 60.7 Å². The molecule has 1 amide bonds. The second-order valence-electron chi connectivity index (χ2n) is 5.80. The second-order valence-corrected chi connectivity index (χ2v) is 8.00. The van der Waals surface area contributed by atoms with Gasteiger partial charge in [0.2, 0.25) is 11.0 Å². The first-order chi connectivity index (χ1) is 10.9. The zero-order valence-corrected chi connectivity index (χ0v) is 15.5. The minimum Gasteiger partial charge on any atom is -0.355 e. The van der Waals surface area contributed by atoms with Crippen molar-refractivity contribution < 1.29 is 4.79 Å². The van der Waals surface area contributed by atoms with Crippen molar-refractivity contribution >= 4 is 39.8 Å². The van der Waals surface area contributed by atoms with Crippen molar-refractivity contribution in [3.63, 3.8) is 0 Å². The summed E-state index contributed by atoms with van der Waals surface area (Å²) in [4.78, 5) is 11.7. The first-order valence-electron chi connectivity index (χ1n) is 7.51.